The van der Waals surface area contributed by atoms with Crippen LogP contribution in [0, 0.1) is 0 Å². The van der Waals surface area contributed by atoms with Gasteiger partial charge in [-0.1, -0.05) is 29.3 Å². The maximum Gasteiger partial charge on any atom is 0.154 e. The molecule has 3 nitrogen and oxygen atoms in total. The summed E-state index contributed by atoms with van der Waals surface area (Å²) in [6.45, 7) is 2.13. The van der Waals surface area contributed by atoms with E-state index in [2.05, 4.69) is 27.8 Å². The van der Waals surface area contributed by atoms with Gasteiger partial charge < -0.3 is 10.2 Å². The Morgan fingerprint density at radius 3 is 3.05 bits per heavy atom. The molecule has 0 spiro atoms. The van der Waals surface area contributed by atoms with Crippen molar-refractivity contribution in [3.05, 3.63) is 39.1 Å². The summed E-state index contributed by atoms with van der Waals surface area (Å²) >= 11 is 5.07. The van der Waals surface area contributed by atoms with Gasteiger partial charge in [0.15, 0.2) is 5.76 Å². The number of halogens is 1. The zero-order valence-corrected chi connectivity index (χ0v) is 13.5. The highest BCUT2D eigenvalue weighted by Crippen LogP contribution is 2.31. The molecule has 5 heteroatoms. The molecule has 20 heavy (non-hydrogen) atoms. The minimum atomic E-state index is 0.0253. The van der Waals surface area contributed by atoms with Crippen molar-refractivity contribution in [3.8, 4) is 11.5 Å². The highest BCUT2D eigenvalue weighted by atomic mass is 79.9. The van der Waals surface area contributed by atoms with E-state index in [0.29, 0.717) is 0 Å². The molecule has 0 aliphatic carbocycles. The van der Waals surface area contributed by atoms with Gasteiger partial charge in [-0.05, 0) is 30.7 Å². The van der Waals surface area contributed by atoms with Crippen LogP contribution in [0.4, 0.5) is 0 Å². The van der Waals surface area contributed by atoms with Crippen molar-refractivity contribution in [3.63, 3.8) is 0 Å². The van der Waals surface area contributed by atoms with Crippen LogP contribution in [0.25, 0.3) is 22.4 Å². The van der Waals surface area contributed by atoms with Crippen LogP contribution in [-0.4, -0.2) is 4.98 Å². The number of furan rings is 1. The van der Waals surface area contributed by atoms with Gasteiger partial charge in [0.25, 0.3) is 0 Å². The molecule has 104 valence electrons. The SMILES string of the molecule is CCCC(N)c1nc(-c2cc3cc(Br)ccc3o2)cs1. The number of aromatic nitrogens is 1. The number of nitrogens with two attached hydrogens (primary N) is 1. The number of rotatable bonds is 4. The lowest BCUT2D eigenvalue weighted by atomic mass is 10.2. The summed E-state index contributed by atoms with van der Waals surface area (Å²) in [7, 11) is 0. The first-order valence-corrected chi connectivity index (χ1v) is 8.25. The molecule has 1 aromatic carbocycles. The van der Waals surface area contributed by atoms with Gasteiger partial charge in [-0.2, -0.15) is 0 Å². The molecule has 2 N–H and O–H groups in total. The first-order chi connectivity index (χ1) is 9.67. The van der Waals surface area contributed by atoms with Gasteiger partial charge >= 0.3 is 0 Å². The molecule has 1 atom stereocenters. The molecule has 0 saturated heterocycles. The minimum absolute atomic E-state index is 0.0253. The molecule has 2 aromatic heterocycles. The van der Waals surface area contributed by atoms with E-state index in [0.717, 1.165) is 44.7 Å². The van der Waals surface area contributed by atoms with E-state index in [1.54, 1.807) is 11.3 Å². The predicted octanol–water partition coefficient (Wildman–Crippen LogP) is 5.12. The van der Waals surface area contributed by atoms with E-state index in [9.17, 15) is 0 Å². The Hall–Kier alpha value is -1.17. The maximum atomic E-state index is 6.10. The average Bonchev–Trinajstić information content (AvgIpc) is 3.04. The van der Waals surface area contributed by atoms with Crippen molar-refractivity contribution >= 4 is 38.2 Å². The standard InChI is InChI=1S/C15H15BrN2OS/c1-2-3-11(17)15-18-12(8-20-15)14-7-9-6-10(16)4-5-13(9)19-14/h4-8,11H,2-3,17H2,1H3. The minimum Gasteiger partial charge on any atom is -0.454 e. The van der Waals surface area contributed by atoms with E-state index in [1.807, 2.05) is 29.6 Å². The molecule has 0 bridgehead atoms. The quantitative estimate of drug-likeness (QED) is 0.710. The van der Waals surface area contributed by atoms with Gasteiger partial charge in [-0.3, -0.25) is 0 Å². The Kier molecular flexibility index (Phi) is 3.92. The van der Waals surface area contributed by atoms with E-state index in [1.165, 1.54) is 0 Å². The average molecular weight is 351 g/mol. The predicted molar refractivity (Wildman–Crippen MR) is 86.9 cm³/mol. The van der Waals surface area contributed by atoms with Gasteiger partial charge in [0, 0.05) is 15.2 Å². The second-order valence-electron chi connectivity index (χ2n) is 4.76. The summed E-state index contributed by atoms with van der Waals surface area (Å²) in [5, 5.41) is 4.06. The Bertz CT molecular complexity index is 734. The van der Waals surface area contributed by atoms with Crippen LogP contribution in [0.5, 0.6) is 0 Å². The topological polar surface area (TPSA) is 52.0 Å². The summed E-state index contributed by atoms with van der Waals surface area (Å²) in [5.74, 6) is 0.796. The van der Waals surface area contributed by atoms with Crippen LogP contribution in [0.2, 0.25) is 0 Å². The fourth-order valence-corrected chi connectivity index (χ4v) is 3.37. The second kappa shape index (κ2) is 5.68. The molecule has 0 fully saturated rings. The fraction of sp³-hybridized carbons (Fsp3) is 0.267. The molecule has 0 aliphatic heterocycles. The third-order valence-corrected chi connectivity index (χ3v) is 4.64. The second-order valence-corrected chi connectivity index (χ2v) is 6.56. The zero-order chi connectivity index (χ0) is 14.1. The summed E-state index contributed by atoms with van der Waals surface area (Å²) in [6, 6.07) is 8.01. The van der Waals surface area contributed by atoms with E-state index in [-0.39, 0.29) is 6.04 Å². The van der Waals surface area contributed by atoms with Crippen LogP contribution >= 0.6 is 27.3 Å². The number of nitrogens with zero attached hydrogens (tertiary/aromatic N) is 1. The van der Waals surface area contributed by atoms with Crippen molar-refractivity contribution in [1.29, 1.82) is 0 Å². The maximum absolute atomic E-state index is 6.10. The van der Waals surface area contributed by atoms with Gasteiger partial charge in [0.2, 0.25) is 0 Å². The molecule has 0 aliphatic rings. The number of benzene rings is 1. The summed E-state index contributed by atoms with van der Waals surface area (Å²) in [6.07, 6.45) is 2.02. The molecular formula is C15H15BrN2OS. The first-order valence-electron chi connectivity index (χ1n) is 6.58. The molecule has 1 unspecified atom stereocenters. The zero-order valence-electron chi connectivity index (χ0n) is 11.1. The fourth-order valence-electron chi connectivity index (χ4n) is 2.15. The molecule has 3 rings (SSSR count). The summed E-state index contributed by atoms with van der Waals surface area (Å²) < 4.78 is 6.89. The van der Waals surface area contributed by atoms with Crippen molar-refractivity contribution in [2.45, 2.75) is 25.8 Å². The summed E-state index contributed by atoms with van der Waals surface area (Å²) in [5.41, 5.74) is 7.84. The normalized spacial score (nSPS) is 12.9. The third kappa shape index (κ3) is 2.66. The van der Waals surface area contributed by atoms with Crippen LogP contribution in [0.3, 0.4) is 0 Å². The molecule has 2 heterocycles. The van der Waals surface area contributed by atoms with Crippen LogP contribution in [-0.2, 0) is 0 Å². The molecule has 3 aromatic rings. The smallest absolute Gasteiger partial charge is 0.154 e. The lowest BCUT2D eigenvalue weighted by molar-refractivity contribution is 0.621. The van der Waals surface area contributed by atoms with E-state index in [4.69, 9.17) is 10.2 Å². The monoisotopic (exact) mass is 350 g/mol. The van der Waals surface area contributed by atoms with Gasteiger partial charge in [-0.25, -0.2) is 4.98 Å². The number of hydrogen-bond donors (Lipinski definition) is 1. The summed E-state index contributed by atoms with van der Waals surface area (Å²) in [4.78, 5) is 4.60. The van der Waals surface area contributed by atoms with E-state index < -0.39 is 0 Å². The van der Waals surface area contributed by atoms with Crippen molar-refractivity contribution in [2.75, 3.05) is 0 Å². The Morgan fingerprint density at radius 2 is 2.25 bits per heavy atom. The number of thiazole rings is 1. The Labute approximate surface area is 129 Å². The molecule has 0 saturated carbocycles. The largest absolute Gasteiger partial charge is 0.454 e. The first kappa shape index (κ1) is 13.8. The van der Waals surface area contributed by atoms with Crippen molar-refractivity contribution in [2.24, 2.45) is 5.73 Å². The molecule has 0 amide bonds. The molecular weight excluding hydrogens is 336 g/mol. The Balaban J connectivity index is 1.94. The van der Waals surface area contributed by atoms with Gasteiger partial charge in [0.1, 0.15) is 16.3 Å². The van der Waals surface area contributed by atoms with Crippen molar-refractivity contribution < 1.29 is 4.42 Å². The molecule has 0 radical (unpaired) electrons. The third-order valence-electron chi connectivity index (χ3n) is 3.17. The van der Waals surface area contributed by atoms with Crippen LogP contribution < -0.4 is 5.73 Å². The number of hydrogen-bond acceptors (Lipinski definition) is 4. The Morgan fingerprint density at radius 1 is 1.40 bits per heavy atom. The highest BCUT2D eigenvalue weighted by molar-refractivity contribution is 9.10. The van der Waals surface area contributed by atoms with Gasteiger partial charge in [0.05, 0.1) is 6.04 Å². The lowest BCUT2D eigenvalue weighted by Crippen LogP contribution is -2.09. The highest BCUT2D eigenvalue weighted by Gasteiger charge is 2.14. The van der Waals surface area contributed by atoms with Gasteiger partial charge in [-0.15, -0.1) is 11.3 Å². The van der Waals surface area contributed by atoms with Crippen LogP contribution in [0.15, 0.2) is 38.5 Å². The lowest BCUT2D eigenvalue weighted by Gasteiger charge is -2.04. The van der Waals surface area contributed by atoms with Crippen LogP contribution in [0.1, 0.15) is 30.8 Å². The number of fused-ring (bicyclic) bond motifs is 1. The van der Waals surface area contributed by atoms with E-state index >= 15 is 0 Å². The van der Waals surface area contributed by atoms with Crippen molar-refractivity contribution in [1.82, 2.24) is 4.98 Å².